The van der Waals surface area contributed by atoms with E-state index in [2.05, 4.69) is 5.32 Å². The second-order valence-electron chi connectivity index (χ2n) is 7.52. The first-order valence-electron chi connectivity index (χ1n) is 9.79. The predicted molar refractivity (Wildman–Crippen MR) is 131 cm³/mol. The number of nitro groups is 1. The third kappa shape index (κ3) is 5.00. The molecule has 8 nitrogen and oxygen atoms in total. The number of hydrogen-bond donors (Lipinski definition) is 2. The van der Waals surface area contributed by atoms with E-state index in [9.17, 15) is 28.4 Å². The maximum atomic E-state index is 13.1. The summed E-state index contributed by atoms with van der Waals surface area (Å²) in [6.45, 7) is 0. The second-order valence-corrected chi connectivity index (χ2v) is 11.4. The SMILES string of the molecule is O=C1Nc2ccc(S(=O)(=O)Cc3c(Cl)cccc3Cl)cc2S/C1=C\C1=CC=C(O)C([N+](=O)[O-])C1. The summed E-state index contributed by atoms with van der Waals surface area (Å²) in [5, 5.41) is 24.0. The number of aliphatic hydroxyl groups is 1. The average Bonchev–Trinajstić information content (AvgIpc) is 2.77. The molecule has 0 saturated carbocycles. The third-order valence-electron chi connectivity index (χ3n) is 5.21. The lowest BCUT2D eigenvalue weighted by atomic mass is 9.99. The van der Waals surface area contributed by atoms with Crippen molar-refractivity contribution in [3.05, 3.63) is 96.6 Å². The van der Waals surface area contributed by atoms with Gasteiger partial charge in [-0.3, -0.25) is 14.9 Å². The van der Waals surface area contributed by atoms with Gasteiger partial charge in [0.1, 0.15) is 0 Å². The second kappa shape index (κ2) is 9.46. The van der Waals surface area contributed by atoms with Crippen molar-refractivity contribution < 1.29 is 23.2 Å². The van der Waals surface area contributed by atoms with E-state index in [0.717, 1.165) is 11.8 Å². The first kappa shape index (κ1) is 24.3. The van der Waals surface area contributed by atoms with E-state index in [1.54, 1.807) is 18.2 Å². The number of aliphatic hydroxyl groups excluding tert-OH is 1. The number of rotatable bonds is 5. The molecule has 1 aliphatic heterocycles. The number of carbonyl (C=O) groups excluding carboxylic acids is 1. The van der Waals surface area contributed by atoms with Gasteiger partial charge in [-0.1, -0.05) is 47.1 Å². The Bertz CT molecular complexity index is 1400. The lowest BCUT2D eigenvalue weighted by Gasteiger charge is -2.20. The fourth-order valence-electron chi connectivity index (χ4n) is 3.43. The molecule has 0 radical (unpaired) electrons. The summed E-state index contributed by atoms with van der Waals surface area (Å²) in [6.07, 6.45) is 4.15. The molecule has 12 heteroatoms. The highest BCUT2D eigenvalue weighted by Gasteiger charge is 2.30. The highest BCUT2D eigenvalue weighted by atomic mass is 35.5. The molecule has 1 aliphatic carbocycles. The molecule has 34 heavy (non-hydrogen) atoms. The molecule has 2 aromatic carbocycles. The Morgan fingerprint density at radius 1 is 1.21 bits per heavy atom. The van der Waals surface area contributed by atoms with E-state index in [-0.39, 0.29) is 32.0 Å². The van der Waals surface area contributed by atoms with Gasteiger partial charge in [-0.2, -0.15) is 0 Å². The molecule has 1 unspecified atom stereocenters. The van der Waals surface area contributed by atoms with Crippen molar-refractivity contribution in [1.29, 1.82) is 0 Å². The monoisotopic (exact) mass is 538 g/mol. The highest BCUT2D eigenvalue weighted by Crippen LogP contribution is 2.41. The Hall–Kier alpha value is -2.79. The third-order valence-corrected chi connectivity index (χ3v) is 8.64. The minimum absolute atomic E-state index is 0.0309. The van der Waals surface area contributed by atoms with Gasteiger partial charge in [0.25, 0.3) is 11.9 Å². The van der Waals surface area contributed by atoms with Crippen LogP contribution in [0.5, 0.6) is 0 Å². The van der Waals surface area contributed by atoms with Gasteiger partial charge >= 0.3 is 0 Å². The van der Waals surface area contributed by atoms with Gasteiger partial charge in [-0.25, -0.2) is 8.42 Å². The van der Waals surface area contributed by atoms with Crippen LogP contribution >= 0.6 is 35.0 Å². The van der Waals surface area contributed by atoms with Gasteiger partial charge in [-0.15, -0.1) is 0 Å². The molecule has 4 rings (SSSR count). The molecule has 1 amide bonds. The predicted octanol–water partition coefficient (Wildman–Crippen LogP) is 5.31. The molecule has 0 fully saturated rings. The van der Waals surface area contributed by atoms with Crippen molar-refractivity contribution in [3.63, 3.8) is 0 Å². The van der Waals surface area contributed by atoms with Crippen LogP contribution in [0.25, 0.3) is 0 Å². The van der Waals surface area contributed by atoms with Crippen molar-refractivity contribution in [3.8, 4) is 0 Å². The fourth-order valence-corrected chi connectivity index (χ4v) is 6.63. The van der Waals surface area contributed by atoms with Gasteiger partial charge in [0.05, 0.1) is 21.2 Å². The smallest absolute Gasteiger partial charge is 0.272 e. The molecular weight excluding hydrogens is 523 g/mol. The maximum Gasteiger partial charge on any atom is 0.272 e. The minimum Gasteiger partial charge on any atom is -0.506 e. The van der Waals surface area contributed by atoms with E-state index in [1.807, 2.05) is 0 Å². The van der Waals surface area contributed by atoms with E-state index in [4.69, 9.17) is 23.2 Å². The average molecular weight is 539 g/mol. The number of amides is 1. The molecule has 1 atom stereocenters. The molecule has 0 bridgehead atoms. The Morgan fingerprint density at radius 2 is 1.91 bits per heavy atom. The fraction of sp³-hybridized carbons (Fsp3) is 0.136. The standard InChI is InChI=1S/C22H16Cl2N2O6S2/c23-15-2-1-3-16(24)14(15)11-34(31,32)13-5-6-17-20(10-13)33-21(22(28)25-17)9-12-4-7-19(27)18(8-12)26(29)30/h1-7,9-10,18,27H,8,11H2,(H,25,28)/b21-9-. The van der Waals surface area contributed by atoms with Crippen molar-refractivity contribution in [2.75, 3.05) is 5.32 Å². The molecule has 2 aliphatic rings. The van der Waals surface area contributed by atoms with Crippen molar-refractivity contribution in [2.24, 2.45) is 0 Å². The largest absolute Gasteiger partial charge is 0.506 e. The number of halogens is 2. The molecule has 2 aromatic rings. The molecule has 176 valence electrons. The normalized spacial score (nSPS) is 19.2. The summed E-state index contributed by atoms with van der Waals surface area (Å²) in [5.74, 6) is -1.17. The van der Waals surface area contributed by atoms with E-state index in [0.29, 0.717) is 21.7 Å². The minimum atomic E-state index is -3.81. The lowest BCUT2D eigenvalue weighted by Crippen LogP contribution is -2.24. The van der Waals surface area contributed by atoms with Crippen molar-refractivity contribution in [2.45, 2.75) is 28.0 Å². The molecule has 0 spiro atoms. The number of carbonyl (C=O) groups is 1. The quantitative estimate of drug-likeness (QED) is 0.299. The van der Waals surface area contributed by atoms with E-state index >= 15 is 0 Å². The summed E-state index contributed by atoms with van der Waals surface area (Å²) < 4.78 is 26.1. The summed E-state index contributed by atoms with van der Waals surface area (Å²) in [7, 11) is -3.81. The molecule has 0 aromatic heterocycles. The summed E-state index contributed by atoms with van der Waals surface area (Å²) in [4.78, 5) is 23.8. The van der Waals surface area contributed by atoms with Crippen molar-refractivity contribution in [1.82, 2.24) is 0 Å². The number of nitrogens with zero attached hydrogens (tertiary/aromatic N) is 1. The molecular formula is C22H16Cl2N2O6S2. The molecule has 1 heterocycles. The van der Waals surface area contributed by atoms with Crippen LogP contribution in [0.2, 0.25) is 10.0 Å². The zero-order valence-corrected chi connectivity index (χ0v) is 20.3. The number of sulfone groups is 1. The zero-order valence-electron chi connectivity index (χ0n) is 17.2. The van der Waals surface area contributed by atoms with Crippen LogP contribution < -0.4 is 5.32 Å². The van der Waals surface area contributed by atoms with E-state index < -0.39 is 32.5 Å². The maximum absolute atomic E-state index is 13.1. The lowest BCUT2D eigenvalue weighted by molar-refractivity contribution is -0.516. The number of thioether (sulfide) groups is 1. The summed E-state index contributed by atoms with van der Waals surface area (Å²) in [6, 6.07) is 7.81. The zero-order chi connectivity index (χ0) is 24.6. The van der Waals surface area contributed by atoms with Gasteiger partial charge in [0.15, 0.2) is 15.6 Å². The first-order valence-corrected chi connectivity index (χ1v) is 13.0. The van der Waals surface area contributed by atoms with Crippen LogP contribution in [-0.4, -0.2) is 30.4 Å². The van der Waals surface area contributed by atoms with Gasteiger partial charge in [0, 0.05) is 31.8 Å². The van der Waals surface area contributed by atoms with Gasteiger partial charge < -0.3 is 10.4 Å². The summed E-state index contributed by atoms with van der Waals surface area (Å²) in [5.41, 5.74) is 1.23. The number of allylic oxidation sites excluding steroid dienone is 3. The number of hydrogen-bond acceptors (Lipinski definition) is 7. The van der Waals surface area contributed by atoms with Gasteiger partial charge in [-0.05, 0) is 48.1 Å². The van der Waals surface area contributed by atoms with Crippen LogP contribution in [0.1, 0.15) is 12.0 Å². The Kier molecular flexibility index (Phi) is 6.77. The topological polar surface area (TPSA) is 127 Å². The molecule has 2 N–H and O–H groups in total. The first-order chi connectivity index (χ1) is 16.0. The van der Waals surface area contributed by atoms with Crippen LogP contribution in [0.4, 0.5) is 5.69 Å². The van der Waals surface area contributed by atoms with Gasteiger partial charge in [0.2, 0.25) is 0 Å². The summed E-state index contributed by atoms with van der Waals surface area (Å²) >= 11 is 13.3. The highest BCUT2D eigenvalue weighted by molar-refractivity contribution is 8.04. The van der Waals surface area contributed by atoms with E-state index in [1.165, 1.54) is 36.4 Å². The number of fused-ring (bicyclic) bond motifs is 1. The molecule has 0 saturated heterocycles. The van der Waals surface area contributed by atoms with Crippen LogP contribution in [0.3, 0.4) is 0 Å². The Morgan fingerprint density at radius 3 is 2.59 bits per heavy atom. The Balaban J connectivity index is 1.62. The Labute approximate surface area is 209 Å². The number of benzene rings is 2. The number of nitrogens with one attached hydrogen (secondary N) is 1. The number of anilines is 1. The van der Waals surface area contributed by atoms with Crippen LogP contribution in [0.15, 0.2) is 80.7 Å². The van der Waals surface area contributed by atoms with Crippen molar-refractivity contribution >= 4 is 56.4 Å². The van der Waals surface area contributed by atoms with Crippen LogP contribution in [0, 0.1) is 10.1 Å². The van der Waals surface area contributed by atoms with Crippen LogP contribution in [-0.2, 0) is 20.4 Å².